The predicted octanol–water partition coefficient (Wildman–Crippen LogP) is 2.68. The zero-order valence-corrected chi connectivity index (χ0v) is 9.44. The van der Waals surface area contributed by atoms with Crippen LogP contribution in [0.3, 0.4) is 0 Å². The number of rotatable bonds is 5. The van der Waals surface area contributed by atoms with E-state index in [0.717, 1.165) is 25.4 Å². The molecule has 0 fully saturated rings. The van der Waals surface area contributed by atoms with Crippen LogP contribution >= 0.6 is 0 Å². The van der Waals surface area contributed by atoms with Crippen LogP contribution in [-0.4, -0.2) is 25.2 Å². The highest BCUT2D eigenvalue weighted by atomic mass is 16.5. The van der Waals surface area contributed by atoms with Crippen LogP contribution in [0.2, 0.25) is 0 Å². The Labute approximate surface area is 95.5 Å². The molecule has 1 aromatic heterocycles. The summed E-state index contributed by atoms with van der Waals surface area (Å²) in [6, 6.07) is 10.3. The number of methoxy groups -OCH3 is 1. The molecular weight excluding hydrogens is 200 g/mol. The Morgan fingerprint density at radius 1 is 1.25 bits per heavy atom. The van der Waals surface area contributed by atoms with Crippen molar-refractivity contribution in [3.05, 3.63) is 36.5 Å². The molecule has 0 aliphatic heterocycles. The Bertz CT molecular complexity index is 451. The molecule has 1 N–H and O–H groups in total. The normalized spacial score (nSPS) is 10.6. The lowest BCUT2D eigenvalue weighted by Crippen LogP contribution is -2.06. The van der Waals surface area contributed by atoms with E-state index < -0.39 is 0 Å². The second-order valence-electron chi connectivity index (χ2n) is 3.65. The highest BCUT2D eigenvalue weighted by molar-refractivity contribution is 5.91. The van der Waals surface area contributed by atoms with E-state index in [2.05, 4.69) is 22.4 Å². The first-order chi connectivity index (χ1) is 7.92. The van der Waals surface area contributed by atoms with Crippen LogP contribution in [0.15, 0.2) is 36.5 Å². The quantitative estimate of drug-likeness (QED) is 0.780. The molecule has 84 valence electrons. The van der Waals surface area contributed by atoms with E-state index in [-0.39, 0.29) is 0 Å². The van der Waals surface area contributed by atoms with Crippen molar-refractivity contribution >= 4 is 16.6 Å². The molecule has 3 heteroatoms. The van der Waals surface area contributed by atoms with Crippen LogP contribution in [0.5, 0.6) is 0 Å². The molecule has 0 atom stereocenters. The monoisotopic (exact) mass is 216 g/mol. The van der Waals surface area contributed by atoms with E-state index in [1.807, 2.05) is 24.4 Å². The van der Waals surface area contributed by atoms with Gasteiger partial charge in [0.05, 0.1) is 0 Å². The van der Waals surface area contributed by atoms with Crippen molar-refractivity contribution in [2.45, 2.75) is 6.42 Å². The smallest absolute Gasteiger partial charge is 0.133 e. The summed E-state index contributed by atoms with van der Waals surface area (Å²) in [5, 5.41) is 5.71. The molecule has 0 aliphatic carbocycles. The fraction of sp³-hybridized carbons (Fsp3) is 0.308. The van der Waals surface area contributed by atoms with Crippen molar-refractivity contribution in [3.63, 3.8) is 0 Å². The maximum Gasteiger partial charge on any atom is 0.133 e. The largest absolute Gasteiger partial charge is 0.385 e. The summed E-state index contributed by atoms with van der Waals surface area (Å²) in [5.74, 6) is 0.953. The van der Waals surface area contributed by atoms with E-state index in [4.69, 9.17) is 4.74 Å². The Hall–Kier alpha value is -1.61. The van der Waals surface area contributed by atoms with Gasteiger partial charge in [0, 0.05) is 31.8 Å². The maximum absolute atomic E-state index is 5.01. The summed E-state index contributed by atoms with van der Waals surface area (Å²) in [6.07, 6.45) is 2.82. The molecule has 0 aliphatic rings. The van der Waals surface area contributed by atoms with Crippen LogP contribution < -0.4 is 5.32 Å². The number of hydrogen-bond donors (Lipinski definition) is 1. The third kappa shape index (κ3) is 2.49. The van der Waals surface area contributed by atoms with Crippen LogP contribution in [-0.2, 0) is 4.74 Å². The van der Waals surface area contributed by atoms with Gasteiger partial charge in [0.1, 0.15) is 5.82 Å². The molecular formula is C13H16N2O. The van der Waals surface area contributed by atoms with Crippen molar-refractivity contribution in [3.8, 4) is 0 Å². The molecule has 1 heterocycles. The number of pyridine rings is 1. The van der Waals surface area contributed by atoms with Gasteiger partial charge in [-0.05, 0) is 17.9 Å². The predicted molar refractivity (Wildman–Crippen MR) is 66.7 cm³/mol. The Kier molecular flexibility index (Phi) is 3.72. The molecule has 2 rings (SSSR count). The van der Waals surface area contributed by atoms with Gasteiger partial charge >= 0.3 is 0 Å². The maximum atomic E-state index is 5.01. The van der Waals surface area contributed by atoms with Crippen molar-refractivity contribution < 1.29 is 4.74 Å². The number of hydrogen-bond acceptors (Lipinski definition) is 3. The van der Waals surface area contributed by atoms with E-state index >= 15 is 0 Å². The standard InChI is InChI=1S/C13H16N2O/c1-16-10-4-8-14-13-12-6-3-2-5-11(12)7-9-15-13/h2-3,5-7,9H,4,8,10H2,1H3,(H,14,15). The molecule has 0 saturated heterocycles. The van der Waals surface area contributed by atoms with Gasteiger partial charge in [0.2, 0.25) is 0 Å². The van der Waals surface area contributed by atoms with Gasteiger partial charge in [0.15, 0.2) is 0 Å². The Morgan fingerprint density at radius 3 is 3.00 bits per heavy atom. The topological polar surface area (TPSA) is 34.1 Å². The average molecular weight is 216 g/mol. The fourth-order valence-electron chi connectivity index (χ4n) is 1.68. The summed E-state index contributed by atoms with van der Waals surface area (Å²) >= 11 is 0. The molecule has 2 aromatic rings. The van der Waals surface area contributed by atoms with Crippen LogP contribution in [0.4, 0.5) is 5.82 Å². The van der Waals surface area contributed by atoms with E-state index in [9.17, 15) is 0 Å². The number of ether oxygens (including phenoxy) is 1. The molecule has 0 amide bonds. The van der Waals surface area contributed by atoms with Gasteiger partial charge < -0.3 is 10.1 Å². The van der Waals surface area contributed by atoms with Crippen molar-refractivity contribution in [2.24, 2.45) is 0 Å². The molecule has 0 bridgehead atoms. The van der Waals surface area contributed by atoms with E-state index in [0.29, 0.717) is 0 Å². The molecule has 0 saturated carbocycles. The van der Waals surface area contributed by atoms with Crippen LogP contribution in [0.1, 0.15) is 6.42 Å². The van der Waals surface area contributed by atoms with Crippen molar-refractivity contribution in [1.82, 2.24) is 4.98 Å². The van der Waals surface area contributed by atoms with Gasteiger partial charge in [0.25, 0.3) is 0 Å². The zero-order valence-electron chi connectivity index (χ0n) is 9.44. The summed E-state index contributed by atoms with van der Waals surface area (Å²) in [5.41, 5.74) is 0. The zero-order chi connectivity index (χ0) is 11.2. The lowest BCUT2D eigenvalue weighted by Gasteiger charge is -2.07. The number of benzene rings is 1. The summed E-state index contributed by atoms with van der Waals surface area (Å²) < 4.78 is 5.01. The molecule has 0 radical (unpaired) electrons. The van der Waals surface area contributed by atoms with Gasteiger partial charge in [-0.15, -0.1) is 0 Å². The molecule has 0 unspecified atom stereocenters. The van der Waals surface area contributed by atoms with Gasteiger partial charge in [-0.2, -0.15) is 0 Å². The summed E-state index contributed by atoms with van der Waals surface area (Å²) in [6.45, 7) is 1.66. The van der Waals surface area contributed by atoms with E-state index in [1.165, 1.54) is 10.8 Å². The third-order valence-corrected chi connectivity index (χ3v) is 2.49. The SMILES string of the molecule is COCCCNc1nccc2ccccc12. The van der Waals surface area contributed by atoms with Crippen LogP contribution in [0, 0.1) is 0 Å². The first-order valence-electron chi connectivity index (χ1n) is 5.48. The first-order valence-corrected chi connectivity index (χ1v) is 5.48. The second-order valence-corrected chi connectivity index (χ2v) is 3.65. The fourth-order valence-corrected chi connectivity index (χ4v) is 1.68. The Balaban J connectivity index is 2.11. The van der Waals surface area contributed by atoms with Crippen molar-refractivity contribution in [1.29, 1.82) is 0 Å². The first kappa shape index (κ1) is 10.9. The summed E-state index contributed by atoms with van der Waals surface area (Å²) in [4.78, 5) is 4.35. The van der Waals surface area contributed by atoms with Gasteiger partial charge in [-0.25, -0.2) is 4.98 Å². The minimum atomic E-state index is 0.776. The molecule has 1 aromatic carbocycles. The second kappa shape index (κ2) is 5.47. The number of nitrogens with zero attached hydrogens (tertiary/aromatic N) is 1. The van der Waals surface area contributed by atoms with Crippen molar-refractivity contribution in [2.75, 3.05) is 25.6 Å². The lowest BCUT2D eigenvalue weighted by atomic mass is 10.1. The summed E-state index contributed by atoms with van der Waals surface area (Å²) in [7, 11) is 1.72. The lowest BCUT2D eigenvalue weighted by molar-refractivity contribution is 0.198. The van der Waals surface area contributed by atoms with Crippen LogP contribution in [0.25, 0.3) is 10.8 Å². The highest BCUT2D eigenvalue weighted by Crippen LogP contribution is 2.19. The van der Waals surface area contributed by atoms with E-state index in [1.54, 1.807) is 7.11 Å². The third-order valence-electron chi connectivity index (χ3n) is 2.49. The number of aromatic nitrogens is 1. The highest BCUT2D eigenvalue weighted by Gasteiger charge is 1.99. The van der Waals surface area contributed by atoms with Gasteiger partial charge in [-0.3, -0.25) is 0 Å². The minimum Gasteiger partial charge on any atom is -0.385 e. The molecule has 16 heavy (non-hydrogen) atoms. The van der Waals surface area contributed by atoms with Gasteiger partial charge in [-0.1, -0.05) is 24.3 Å². The molecule has 3 nitrogen and oxygen atoms in total. The minimum absolute atomic E-state index is 0.776. The number of anilines is 1. The molecule has 0 spiro atoms. The number of nitrogens with one attached hydrogen (secondary N) is 1. The Morgan fingerprint density at radius 2 is 2.12 bits per heavy atom. The average Bonchev–Trinajstić information content (AvgIpc) is 2.35. The number of fused-ring (bicyclic) bond motifs is 1.